The van der Waals surface area contributed by atoms with Crippen molar-refractivity contribution in [1.29, 1.82) is 0 Å². The molecule has 1 atom stereocenters. The standard InChI is InChI=1S/C10H20N2O2/c1-3-10(5-4-6-10)12-9(13)8(7-11)14-2/h8H,3-7,11H2,1-2H3,(H,12,13). The fraction of sp³-hybridized carbons (Fsp3) is 0.900. The Kier molecular flexibility index (Phi) is 3.89. The molecule has 1 amide bonds. The summed E-state index contributed by atoms with van der Waals surface area (Å²) in [5, 5.41) is 3.04. The minimum atomic E-state index is -0.501. The van der Waals surface area contributed by atoms with E-state index in [1.165, 1.54) is 13.5 Å². The summed E-state index contributed by atoms with van der Waals surface area (Å²) >= 11 is 0. The SMILES string of the molecule is CCC1(NC(=O)C(CN)OC)CCC1. The molecular formula is C10H20N2O2. The lowest BCUT2D eigenvalue weighted by Crippen LogP contribution is -2.56. The minimum Gasteiger partial charge on any atom is -0.370 e. The van der Waals surface area contributed by atoms with E-state index in [4.69, 9.17) is 10.5 Å². The Morgan fingerprint density at radius 1 is 1.64 bits per heavy atom. The van der Waals surface area contributed by atoms with Gasteiger partial charge in [0, 0.05) is 19.2 Å². The third-order valence-corrected chi connectivity index (χ3v) is 3.17. The van der Waals surface area contributed by atoms with Crippen LogP contribution in [-0.4, -0.2) is 31.2 Å². The zero-order valence-corrected chi connectivity index (χ0v) is 9.01. The van der Waals surface area contributed by atoms with Crippen LogP contribution in [0.4, 0.5) is 0 Å². The average Bonchev–Trinajstić information content (AvgIpc) is 2.13. The lowest BCUT2D eigenvalue weighted by molar-refractivity contribution is -0.133. The first kappa shape index (κ1) is 11.5. The molecule has 1 saturated carbocycles. The summed E-state index contributed by atoms with van der Waals surface area (Å²) in [6.07, 6.45) is 3.85. The summed E-state index contributed by atoms with van der Waals surface area (Å²) in [4.78, 5) is 11.7. The molecule has 1 fully saturated rings. The van der Waals surface area contributed by atoms with E-state index in [0.717, 1.165) is 19.3 Å². The minimum absolute atomic E-state index is 0.0308. The van der Waals surface area contributed by atoms with Crippen LogP contribution in [0.1, 0.15) is 32.6 Å². The van der Waals surface area contributed by atoms with Crippen molar-refractivity contribution in [3.63, 3.8) is 0 Å². The maximum Gasteiger partial charge on any atom is 0.250 e. The third kappa shape index (κ3) is 2.25. The number of nitrogens with one attached hydrogen (secondary N) is 1. The van der Waals surface area contributed by atoms with Gasteiger partial charge in [-0.15, -0.1) is 0 Å². The van der Waals surface area contributed by atoms with Gasteiger partial charge in [0.2, 0.25) is 0 Å². The first-order valence-corrected chi connectivity index (χ1v) is 5.22. The van der Waals surface area contributed by atoms with E-state index in [1.54, 1.807) is 0 Å². The maximum absolute atomic E-state index is 11.7. The van der Waals surface area contributed by atoms with Crippen molar-refractivity contribution < 1.29 is 9.53 Å². The second-order valence-electron chi connectivity index (χ2n) is 3.94. The molecule has 0 aromatic heterocycles. The van der Waals surface area contributed by atoms with Gasteiger partial charge in [-0.25, -0.2) is 0 Å². The number of carbonyl (C=O) groups excluding carboxylic acids is 1. The molecule has 0 bridgehead atoms. The number of rotatable bonds is 5. The van der Waals surface area contributed by atoms with E-state index < -0.39 is 6.10 Å². The fourth-order valence-corrected chi connectivity index (χ4v) is 1.82. The van der Waals surface area contributed by atoms with Gasteiger partial charge in [-0.05, 0) is 25.7 Å². The smallest absolute Gasteiger partial charge is 0.250 e. The molecule has 3 N–H and O–H groups in total. The van der Waals surface area contributed by atoms with Crippen LogP contribution in [-0.2, 0) is 9.53 Å². The van der Waals surface area contributed by atoms with Gasteiger partial charge in [-0.3, -0.25) is 4.79 Å². The van der Waals surface area contributed by atoms with Gasteiger partial charge in [0.25, 0.3) is 5.91 Å². The molecular weight excluding hydrogens is 180 g/mol. The van der Waals surface area contributed by atoms with Crippen molar-refractivity contribution in [2.75, 3.05) is 13.7 Å². The summed E-state index contributed by atoms with van der Waals surface area (Å²) < 4.78 is 4.98. The van der Waals surface area contributed by atoms with Crippen molar-refractivity contribution in [3.8, 4) is 0 Å². The number of hydrogen-bond donors (Lipinski definition) is 2. The van der Waals surface area contributed by atoms with Crippen LogP contribution >= 0.6 is 0 Å². The molecule has 0 aliphatic heterocycles. The lowest BCUT2D eigenvalue weighted by atomic mass is 9.75. The van der Waals surface area contributed by atoms with Crippen LogP contribution in [0.15, 0.2) is 0 Å². The van der Waals surface area contributed by atoms with E-state index in [2.05, 4.69) is 12.2 Å². The average molecular weight is 200 g/mol. The predicted octanol–water partition coefficient (Wildman–Crippen LogP) is 0.409. The molecule has 4 nitrogen and oxygen atoms in total. The second-order valence-corrected chi connectivity index (χ2v) is 3.94. The van der Waals surface area contributed by atoms with E-state index in [1.807, 2.05) is 0 Å². The molecule has 1 aliphatic rings. The summed E-state index contributed by atoms with van der Waals surface area (Å²) in [7, 11) is 1.51. The van der Waals surface area contributed by atoms with Crippen molar-refractivity contribution in [2.45, 2.75) is 44.2 Å². The molecule has 14 heavy (non-hydrogen) atoms. The highest BCUT2D eigenvalue weighted by molar-refractivity contribution is 5.81. The summed E-state index contributed by atoms with van der Waals surface area (Å²) in [5.74, 6) is -0.0726. The Morgan fingerprint density at radius 2 is 2.29 bits per heavy atom. The molecule has 1 aliphatic carbocycles. The Hall–Kier alpha value is -0.610. The topological polar surface area (TPSA) is 64.4 Å². The summed E-state index contributed by atoms with van der Waals surface area (Å²) in [6, 6.07) is 0. The molecule has 0 aromatic carbocycles. The van der Waals surface area contributed by atoms with Crippen LogP contribution in [0.2, 0.25) is 0 Å². The summed E-state index contributed by atoms with van der Waals surface area (Å²) in [6.45, 7) is 2.34. The maximum atomic E-state index is 11.7. The zero-order valence-electron chi connectivity index (χ0n) is 9.01. The van der Waals surface area contributed by atoms with Gasteiger partial charge in [0.15, 0.2) is 0 Å². The van der Waals surface area contributed by atoms with E-state index in [9.17, 15) is 4.79 Å². The van der Waals surface area contributed by atoms with Gasteiger partial charge in [-0.2, -0.15) is 0 Å². The van der Waals surface area contributed by atoms with Crippen LogP contribution in [0, 0.1) is 0 Å². The fourth-order valence-electron chi connectivity index (χ4n) is 1.82. The number of carbonyl (C=O) groups is 1. The second kappa shape index (κ2) is 4.75. The first-order valence-electron chi connectivity index (χ1n) is 5.22. The van der Waals surface area contributed by atoms with Crippen molar-refractivity contribution in [1.82, 2.24) is 5.32 Å². The van der Waals surface area contributed by atoms with Crippen LogP contribution in [0.5, 0.6) is 0 Å². The van der Waals surface area contributed by atoms with E-state index in [0.29, 0.717) is 0 Å². The van der Waals surface area contributed by atoms with Gasteiger partial charge in [-0.1, -0.05) is 6.92 Å². The lowest BCUT2D eigenvalue weighted by Gasteiger charge is -2.42. The number of ether oxygens (including phenoxy) is 1. The number of methoxy groups -OCH3 is 1. The van der Waals surface area contributed by atoms with Gasteiger partial charge < -0.3 is 15.8 Å². The normalized spacial score (nSPS) is 21.1. The Balaban J connectivity index is 2.46. The molecule has 0 radical (unpaired) electrons. The zero-order chi connectivity index (χ0) is 10.6. The van der Waals surface area contributed by atoms with Gasteiger partial charge >= 0.3 is 0 Å². The van der Waals surface area contributed by atoms with E-state index in [-0.39, 0.29) is 18.0 Å². The third-order valence-electron chi connectivity index (χ3n) is 3.17. The Morgan fingerprint density at radius 3 is 2.57 bits per heavy atom. The molecule has 0 spiro atoms. The largest absolute Gasteiger partial charge is 0.370 e. The number of nitrogens with two attached hydrogens (primary N) is 1. The van der Waals surface area contributed by atoms with Crippen molar-refractivity contribution in [2.24, 2.45) is 5.73 Å². The molecule has 0 heterocycles. The highest BCUT2D eigenvalue weighted by Gasteiger charge is 2.37. The quantitative estimate of drug-likeness (QED) is 0.675. The first-order chi connectivity index (χ1) is 6.67. The van der Waals surface area contributed by atoms with Crippen LogP contribution in [0.25, 0.3) is 0 Å². The van der Waals surface area contributed by atoms with Gasteiger partial charge in [0.05, 0.1) is 0 Å². The molecule has 0 saturated heterocycles. The highest BCUT2D eigenvalue weighted by atomic mass is 16.5. The molecule has 4 heteroatoms. The number of hydrogen-bond acceptors (Lipinski definition) is 3. The molecule has 82 valence electrons. The van der Waals surface area contributed by atoms with E-state index >= 15 is 0 Å². The van der Waals surface area contributed by atoms with Crippen molar-refractivity contribution >= 4 is 5.91 Å². The molecule has 0 aromatic rings. The molecule has 1 unspecified atom stereocenters. The Labute approximate surface area is 85.2 Å². The van der Waals surface area contributed by atoms with Crippen molar-refractivity contribution in [3.05, 3.63) is 0 Å². The van der Waals surface area contributed by atoms with Crippen LogP contribution in [0.3, 0.4) is 0 Å². The summed E-state index contributed by atoms with van der Waals surface area (Å²) in [5.41, 5.74) is 5.45. The number of amides is 1. The van der Waals surface area contributed by atoms with Crippen LogP contribution < -0.4 is 11.1 Å². The highest BCUT2D eigenvalue weighted by Crippen LogP contribution is 2.34. The monoisotopic (exact) mass is 200 g/mol. The molecule has 1 rings (SSSR count). The van der Waals surface area contributed by atoms with Gasteiger partial charge in [0.1, 0.15) is 6.10 Å². The Bertz CT molecular complexity index is 193. The predicted molar refractivity (Wildman–Crippen MR) is 54.9 cm³/mol.